The van der Waals surface area contributed by atoms with Crippen molar-refractivity contribution in [1.29, 1.82) is 0 Å². The lowest BCUT2D eigenvalue weighted by Gasteiger charge is -2.32. The highest BCUT2D eigenvalue weighted by Gasteiger charge is 2.25. The van der Waals surface area contributed by atoms with Gasteiger partial charge in [0.2, 0.25) is 5.91 Å². The molecule has 1 saturated heterocycles. The lowest BCUT2D eigenvalue weighted by Crippen LogP contribution is -2.40. The number of aromatic nitrogens is 4. The number of piperidine rings is 1. The summed E-state index contributed by atoms with van der Waals surface area (Å²) in [6, 6.07) is 5.26. The van der Waals surface area contributed by atoms with Gasteiger partial charge in [-0.2, -0.15) is 0 Å². The Bertz CT molecular complexity index is 1060. The maximum Gasteiger partial charge on any atom is 0.253 e. The molecule has 0 aliphatic carbocycles. The molecule has 0 spiro atoms. The highest BCUT2D eigenvalue weighted by Crippen LogP contribution is 2.21. The van der Waals surface area contributed by atoms with Crippen molar-refractivity contribution in [3.05, 3.63) is 64.3 Å². The molecule has 1 amide bonds. The summed E-state index contributed by atoms with van der Waals surface area (Å²) in [6.45, 7) is 5.70. The van der Waals surface area contributed by atoms with Crippen molar-refractivity contribution in [2.75, 3.05) is 13.1 Å². The van der Waals surface area contributed by atoms with Crippen LogP contribution in [0.2, 0.25) is 0 Å². The molecule has 3 aromatic rings. The molecule has 8 heteroatoms. The Morgan fingerprint density at radius 1 is 1.27 bits per heavy atom. The number of rotatable bonds is 5. The van der Waals surface area contributed by atoms with Crippen LogP contribution in [0.4, 0.5) is 0 Å². The topological polar surface area (TPSA) is 94.1 Å². The zero-order valence-corrected chi connectivity index (χ0v) is 17.2. The summed E-state index contributed by atoms with van der Waals surface area (Å²) in [6.07, 6.45) is 7.05. The lowest BCUT2D eigenvalue weighted by molar-refractivity contribution is -0.131. The van der Waals surface area contributed by atoms with Crippen molar-refractivity contribution in [3.63, 3.8) is 0 Å². The Labute approximate surface area is 174 Å². The molecule has 30 heavy (non-hydrogen) atoms. The molecule has 0 unspecified atom stereocenters. The number of pyridine rings is 1. The van der Waals surface area contributed by atoms with E-state index in [4.69, 9.17) is 4.52 Å². The summed E-state index contributed by atoms with van der Waals surface area (Å²) in [5.41, 5.74) is 3.04. The fourth-order valence-corrected chi connectivity index (χ4v) is 3.90. The van der Waals surface area contributed by atoms with E-state index in [1.54, 1.807) is 29.4 Å². The van der Waals surface area contributed by atoms with Crippen LogP contribution in [0.25, 0.3) is 11.3 Å². The van der Waals surface area contributed by atoms with E-state index in [1.165, 1.54) is 0 Å². The van der Waals surface area contributed by atoms with Crippen LogP contribution >= 0.6 is 0 Å². The molecule has 1 aliphatic rings. The van der Waals surface area contributed by atoms with Gasteiger partial charge in [0.15, 0.2) is 0 Å². The van der Waals surface area contributed by atoms with Gasteiger partial charge in [-0.1, -0.05) is 5.16 Å². The van der Waals surface area contributed by atoms with E-state index in [9.17, 15) is 9.59 Å². The third-order valence-corrected chi connectivity index (χ3v) is 5.77. The van der Waals surface area contributed by atoms with Crippen LogP contribution in [-0.2, 0) is 17.8 Å². The van der Waals surface area contributed by atoms with E-state index in [0.29, 0.717) is 43.4 Å². The molecular weight excluding hydrogens is 382 g/mol. The summed E-state index contributed by atoms with van der Waals surface area (Å²) in [5, 5.41) is 3.92. The standard InChI is InChI=1S/C22H25N5O3/c1-15-19(16(2)30-25-15)10-21(28)26-8-5-17(6-9-26)13-27-14-24-20(11-22(27)29)18-4-3-7-23-12-18/h3-4,7,11-12,14,17H,5-6,8-10,13H2,1-2H3. The van der Waals surface area contributed by atoms with Crippen molar-refractivity contribution < 1.29 is 9.32 Å². The number of carbonyl (C=O) groups is 1. The summed E-state index contributed by atoms with van der Waals surface area (Å²) in [4.78, 5) is 35.6. The highest BCUT2D eigenvalue weighted by molar-refractivity contribution is 5.79. The second kappa shape index (κ2) is 8.61. The summed E-state index contributed by atoms with van der Waals surface area (Å²) in [5.74, 6) is 1.15. The first kappa shape index (κ1) is 20.0. The number of hydrogen-bond donors (Lipinski definition) is 0. The molecule has 4 heterocycles. The van der Waals surface area contributed by atoms with Crippen LogP contribution in [0.5, 0.6) is 0 Å². The van der Waals surface area contributed by atoms with Crippen LogP contribution in [0.1, 0.15) is 29.9 Å². The van der Waals surface area contributed by atoms with Gasteiger partial charge in [0.05, 0.1) is 24.1 Å². The first-order valence-electron chi connectivity index (χ1n) is 10.2. The minimum atomic E-state index is -0.0687. The zero-order chi connectivity index (χ0) is 21.1. The normalized spacial score (nSPS) is 14.8. The predicted octanol–water partition coefficient (Wildman–Crippen LogP) is 2.39. The van der Waals surface area contributed by atoms with E-state index in [0.717, 1.165) is 29.7 Å². The first-order chi connectivity index (χ1) is 14.5. The molecular formula is C22H25N5O3. The molecule has 156 valence electrons. The molecule has 3 aromatic heterocycles. The molecule has 1 fully saturated rings. The van der Waals surface area contributed by atoms with Crippen molar-refractivity contribution in [1.82, 2.24) is 24.6 Å². The van der Waals surface area contributed by atoms with Gasteiger partial charge >= 0.3 is 0 Å². The molecule has 4 rings (SSSR count). The monoisotopic (exact) mass is 407 g/mol. The Hall–Kier alpha value is -3.29. The van der Waals surface area contributed by atoms with Gasteiger partial charge in [-0.3, -0.25) is 19.1 Å². The van der Waals surface area contributed by atoms with Gasteiger partial charge in [-0.15, -0.1) is 0 Å². The maximum atomic E-state index is 12.6. The molecule has 0 atom stereocenters. The number of carbonyl (C=O) groups excluding carboxylic acids is 1. The number of aryl methyl sites for hydroxylation is 2. The fourth-order valence-electron chi connectivity index (χ4n) is 3.90. The zero-order valence-electron chi connectivity index (χ0n) is 17.2. The Balaban J connectivity index is 1.34. The molecule has 8 nitrogen and oxygen atoms in total. The SMILES string of the molecule is Cc1noc(C)c1CC(=O)N1CCC(Cn2cnc(-c3cccnc3)cc2=O)CC1. The van der Waals surface area contributed by atoms with Crippen LogP contribution < -0.4 is 5.56 Å². The molecule has 0 N–H and O–H groups in total. The smallest absolute Gasteiger partial charge is 0.253 e. The van der Waals surface area contributed by atoms with E-state index < -0.39 is 0 Å². The summed E-state index contributed by atoms with van der Waals surface area (Å²) >= 11 is 0. The maximum absolute atomic E-state index is 12.6. The van der Waals surface area contributed by atoms with Crippen LogP contribution in [0.3, 0.4) is 0 Å². The van der Waals surface area contributed by atoms with E-state index in [1.807, 2.05) is 30.9 Å². The molecule has 0 radical (unpaired) electrons. The minimum absolute atomic E-state index is 0.0687. The molecule has 0 aromatic carbocycles. The van der Waals surface area contributed by atoms with Crippen molar-refractivity contribution >= 4 is 5.91 Å². The van der Waals surface area contributed by atoms with E-state index in [2.05, 4.69) is 15.1 Å². The fraction of sp³-hybridized carbons (Fsp3) is 0.409. The average Bonchev–Trinajstić information content (AvgIpc) is 3.08. The summed E-state index contributed by atoms with van der Waals surface area (Å²) in [7, 11) is 0. The second-order valence-corrected chi connectivity index (χ2v) is 7.81. The third kappa shape index (κ3) is 4.32. The third-order valence-electron chi connectivity index (χ3n) is 5.77. The Kier molecular flexibility index (Phi) is 5.74. The second-order valence-electron chi connectivity index (χ2n) is 7.81. The molecule has 1 aliphatic heterocycles. The number of likely N-dealkylation sites (tertiary alicyclic amines) is 1. The van der Waals surface area contributed by atoms with Gasteiger partial charge < -0.3 is 9.42 Å². The van der Waals surface area contributed by atoms with Crippen molar-refractivity contribution in [3.8, 4) is 11.3 Å². The molecule has 0 saturated carbocycles. The minimum Gasteiger partial charge on any atom is -0.361 e. The van der Waals surface area contributed by atoms with E-state index >= 15 is 0 Å². The van der Waals surface area contributed by atoms with Crippen molar-refractivity contribution in [2.24, 2.45) is 5.92 Å². The van der Waals surface area contributed by atoms with Crippen LogP contribution in [0.15, 0.2) is 46.2 Å². The van der Waals surface area contributed by atoms with Crippen LogP contribution in [0, 0.1) is 19.8 Å². The van der Waals surface area contributed by atoms with Crippen LogP contribution in [-0.4, -0.2) is 43.6 Å². The number of hydrogen-bond acceptors (Lipinski definition) is 6. The molecule has 0 bridgehead atoms. The van der Waals surface area contributed by atoms with Gasteiger partial charge in [0.1, 0.15) is 5.76 Å². The van der Waals surface area contributed by atoms with Gasteiger partial charge in [-0.25, -0.2) is 4.98 Å². The largest absolute Gasteiger partial charge is 0.361 e. The number of nitrogens with zero attached hydrogens (tertiary/aromatic N) is 5. The van der Waals surface area contributed by atoms with Gasteiger partial charge in [0.25, 0.3) is 5.56 Å². The highest BCUT2D eigenvalue weighted by atomic mass is 16.5. The van der Waals surface area contributed by atoms with Gasteiger partial charge in [0, 0.05) is 49.2 Å². The predicted molar refractivity (Wildman–Crippen MR) is 111 cm³/mol. The quantitative estimate of drug-likeness (QED) is 0.645. The van der Waals surface area contributed by atoms with E-state index in [-0.39, 0.29) is 11.5 Å². The van der Waals surface area contributed by atoms with Gasteiger partial charge in [-0.05, 0) is 44.7 Å². The first-order valence-corrected chi connectivity index (χ1v) is 10.2. The summed E-state index contributed by atoms with van der Waals surface area (Å²) < 4.78 is 6.81. The lowest BCUT2D eigenvalue weighted by atomic mass is 9.96. The Morgan fingerprint density at radius 2 is 2.07 bits per heavy atom. The Morgan fingerprint density at radius 3 is 2.70 bits per heavy atom. The number of amides is 1. The average molecular weight is 407 g/mol. The van der Waals surface area contributed by atoms with Crippen molar-refractivity contribution in [2.45, 2.75) is 39.7 Å².